The van der Waals surface area contributed by atoms with E-state index in [0.717, 1.165) is 12.2 Å². The van der Waals surface area contributed by atoms with Crippen LogP contribution in [0.15, 0.2) is 0 Å². The van der Waals surface area contributed by atoms with Crippen LogP contribution >= 0.6 is 24.0 Å². The molecule has 1 saturated heterocycles. The molecule has 0 aromatic rings. The third-order valence-electron chi connectivity index (χ3n) is 0.804. The van der Waals surface area contributed by atoms with Crippen molar-refractivity contribution in [2.24, 2.45) is 0 Å². The van der Waals surface area contributed by atoms with Crippen molar-refractivity contribution in [2.45, 2.75) is 6.42 Å². The molecule has 1 aliphatic rings. The van der Waals surface area contributed by atoms with Crippen LogP contribution in [-0.4, -0.2) is 16.0 Å². The molecule has 4 heteroatoms. The molecule has 0 atom stereocenters. The number of thioether (sulfide) groups is 1. The Labute approximate surface area is 57.0 Å². The molecular formula is C4H5NOS2. The van der Waals surface area contributed by atoms with E-state index in [1.54, 1.807) is 0 Å². The number of carbonyl (C=O) groups excluding carboxylic acids is 1. The van der Waals surface area contributed by atoms with Crippen molar-refractivity contribution in [1.29, 1.82) is 0 Å². The molecule has 1 N–H and O–H groups in total. The number of hydrogen-bond acceptors (Lipinski definition) is 3. The zero-order chi connectivity index (χ0) is 5.98. The summed E-state index contributed by atoms with van der Waals surface area (Å²) in [5.74, 6) is 0.838. The summed E-state index contributed by atoms with van der Waals surface area (Å²) in [7, 11) is 0. The highest BCUT2D eigenvalue weighted by Crippen LogP contribution is 2.09. The van der Waals surface area contributed by atoms with E-state index in [1.807, 2.05) is 0 Å². The Morgan fingerprint density at radius 1 is 1.75 bits per heavy atom. The van der Waals surface area contributed by atoms with Crippen molar-refractivity contribution >= 4 is 34.2 Å². The molecule has 1 amide bonds. The Kier molecular flexibility index (Phi) is 1.85. The average Bonchev–Trinajstić information content (AvgIpc) is 1.64. The highest BCUT2D eigenvalue weighted by molar-refractivity contribution is 8.13. The maximum atomic E-state index is 10.4. The third kappa shape index (κ3) is 1.45. The topological polar surface area (TPSA) is 29.1 Å². The predicted octanol–water partition coefficient (Wildman–Crippen LogP) is 1.16. The third-order valence-corrected chi connectivity index (χ3v) is 1.88. The van der Waals surface area contributed by atoms with Crippen LogP contribution in [0.4, 0.5) is 4.79 Å². The molecule has 1 rings (SSSR count). The zero-order valence-corrected chi connectivity index (χ0v) is 5.77. The smallest absolute Gasteiger partial charge is 0.283 e. The lowest BCUT2D eigenvalue weighted by molar-refractivity contribution is 0.264. The van der Waals surface area contributed by atoms with Gasteiger partial charge in [-0.3, -0.25) is 4.79 Å². The van der Waals surface area contributed by atoms with E-state index < -0.39 is 0 Å². The molecule has 0 bridgehead atoms. The molecule has 0 unspecified atom stereocenters. The summed E-state index contributed by atoms with van der Waals surface area (Å²) >= 11 is 6.02. The number of nitrogens with one attached hydrogen (secondary N) is 1. The Morgan fingerprint density at radius 3 is 2.88 bits per heavy atom. The molecule has 1 heterocycles. The largest absolute Gasteiger partial charge is 0.311 e. The minimum atomic E-state index is -0.0127. The Morgan fingerprint density at radius 2 is 2.50 bits per heavy atom. The van der Waals surface area contributed by atoms with Gasteiger partial charge >= 0.3 is 0 Å². The number of amides is 1. The van der Waals surface area contributed by atoms with Gasteiger partial charge in [0.2, 0.25) is 0 Å². The summed E-state index contributed by atoms with van der Waals surface area (Å²) in [6, 6.07) is 0. The van der Waals surface area contributed by atoms with E-state index in [4.69, 9.17) is 12.2 Å². The van der Waals surface area contributed by atoms with Gasteiger partial charge in [-0.2, -0.15) is 0 Å². The Balaban J connectivity index is 2.45. The van der Waals surface area contributed by atoms with Crippen LogP contribution in [0.3, 0.4) is 0 Å². The minimum Gasteiger partial charge on any atom is -0.311 e. The van der Waals surface area contributed by atoms with Gasteiger partial charge in [0.05, 0.1) is 4.99 Å². The van der Waals surface area contributed by atoms with Crippen molar-refractivity contribution in [3.63, 3.8) is 0 Å². The molecule has 8 heavy (non-hydrogen) atoms. The van der Waals surface area contributed by atoms with Crippen LogP contribution in [0.1, 0.15) is 6.42 Å². The van der Waals surface area contributed by atoms with Crippen LogP contribution in [0, 0.1) is 0 Å². The van der Waals surface area contributed by atoms with Crippen molar-refractivity contribution in [3.05, 3.63) is 0 Å². The van der Waals surface area contributed by atoms with E-state index in [9.17, 15) is 4.79 Å². The van der Waals surface area contributed by atoms with Gasteiger partial charge < -0.3 is 5.32 Å². The summed E-state index contributed by atoms with van der Waals surface area (Å²) in [5, 5.41) is 2.52. The van der Waals surface area contributed by atoms with Gasteiger partial charge in [-0.1, -0.05) is 24.0 Å². The molecule has 1 aliphatic heterocycles. The van der Waals surface area contributed by atoms with Crippen LogP contribution < -0.4 is 5.32 Å². The second-order valence-electron chi connectivity index (χ2n) is 1.43. The SMILES string of the molecule is O=C1NC(=S)CCS1. The molecule has 0 spiro atoms. The fourth-order valence-electron chi connectivity index (χ4n) is 0.449. The van der Waals surface area contributed by atoms with E-state index in [0.29, 0.717) is 4.99 Å². The number of carbonyl (C=O) groups is 1. The Hall–Kier alpha value is -0.0900. The van der Waals surface area contributed by atoms with Gasteiger partial charge in [-0.05, 0) is 0 Å². The summed E-state index contributed by atoms with van der Waals surface area (Å²) in [6.07, 6.45) is 0.839. The lowest BCUT2D eigenvalue weighted by atomic mass is 10.5. The molecule has 0 aliphatic carbocycles. The van der Waals surface area contributed by atoms with Crippen LogP contribution in [-0.2, 0) is 0 Å². The van der Waals surface area contributed by atoms with Gasteiger partial charge in [0.1, 0.15) is 0 Å². The second-order valence-corrected chi connectivity index (χ2v) is 2.99. The van der Waals surface area contributed by atoms with Crippen molar-refractivity contribution in [1.82, 2.24) is 5.32 Å². The first-order valence-corrected chi connectivity index (χ1v) is 3.65. The summed E-state index contributed by atoms with van der Waals surface area (Å²) < 4.78 is 0. The van der Waals surface area contributed by atoms with Crippen molar-refractivity contribution in [2.75, 3.05) is 5.75 Å². The lowest BCUT2D eigenvalue weighted by Gasteiger charge is -2.09. The van der Waals surface area contributed by atoms with E-state index in [2.05, 4.69) is 5.32 Å². The van der Waals surface area contributed by atoms with Gasteiger partial charge in [-0.25, -0.2) is 0 Å². The predicted molar refractivity (Wildman–Crippen MR) is 38.2 cm³/mol. The normalized spacial score (nSPS) is 20.5. The average molecular weight is 147 g/mol. The number of rotatable bonds is 0. The molecule has 0 aromatic carbocycles. The highest BCUT2D eigenvalue weighted by atomic mass is 32.2. The molecule has 2 nitrogen and oxygen atoms in total. The first kappa shape index (κ1) is 6.04. The number of hydrogen-bond donors (Lipinski definition) is 1. The maximum absolute atomic E-state index is 10.4. The van der Waals surface area contributed by atoms with Gasteiger partial charge in [0, 0.05) is 12.2 Å². The second kappa shape index (κ2) is 2.46. The van der Waals surface area contributed by atoms with Crippen molar-refractivity contribution < 1.29 is 4.79 Å². The van der Waals surface area contributed by atoms with E-state index in [-0.39, 0.29) is 5.24 Å². The fraction of sp³-hybridized carbons (Fsp3) is 0.500. The van der Waals surface area contributed by atoms with Gasteiger partial charge in [-0.15, -0.1) is 0 Å². The highest BCUT2D eigenvalue weighted by Gasteiger charge is 2.10. The molecule has 44 valence electrons. The van der Waals surface area contributed by atoms with Crippen LogP contribution in [0.2, 0.25) is 0 Å². The number of thiocarbonyl (C=S) groups is 1. The monoisotopic (exact) mass is 147 g/mol. The quantitative estimate of drug-likeness (QED) is 0.521. The summed E-state index contributed by atoms with van der Waals surface area (Å²) in [5.41, 5.74) is 0. The molecular weight excluding hydrogens is 142 g/mol. The standard InChI is InChI=1S/C4H5NOS2/c6-4-5-3(7)1-2-8-4/h1-2H2,(H,5,6,7). The maximum Gasteiger partial charge on any atom is 0.283 e. The molecule has 1 fully saturated rings. The van der Waals surface area contributed by atoms with Gasteiger partial charge in [0.15, 0.2) is 0 Å². The lowest BCUT2D eigenvalue weighted by Crippen LogP contribution is -2.30. The molecule has 0 radical (unpaired) electrons. The van der Waals surface area contributed by atoms with Crippen LogP contribution in [0.5, 0.6) is 0 Å². The van der Waals surface area contributed by atoms with Crippen molar-refractivity contribution in [3.8, 4) is 0 Å². The minimum absolute atomic E-state index is 0.0127. The summed E-state index contributed by atoms with van der Waals surface area (Å²) in [4.78, 5) is 11.1. The fourth-order valence-corrected chi connectivity index (χ4v) is 1.52. The zero-order valence-electron chi connectivity index (χ0n) is 4.14. The first-order valence-electron chi connectivity index (χ1n) is 2.25. The van der Waals surface area contributed by atoms with Crippen LogP contribution in [0.25, 0.3) is 0 Å². The molecule has 0 saturated carbocycles. The van der Waals surface area contributed by atoms with E-state index >= 15 is 0 Å². The Bertz CT molecular complexity index is 120. The summed E-state index contributed by atoms with van der Waals surface area (Å²) in [6.45, 7) is 0. The van der Waals surface area contributed by atoms with Gasteiger partial charge in [0.25, 0.3) is 5.24 Å². The van der Waals surface area contributed by atoms with E-state index in [1.165, 1.54) is 11.8 Å². The first-order chi connectivity index (χ1) is 3.79. The molecule has 0 aromatic heterocycles.